The Morgan fingerprint density at radius 2 is 0.625 bits per heavy atom. The number of esters is 3. The van der Waals surface area contributed by atoms with E-state index < -0.39 is 6.10 Å². The van der Waals surface area contributed by atoms with E-state index in [1.807, 2.05) is 0 Å². The van der Waals surface area contributed by atoms with Crippen molar-refractivity contribution in [1.29, 1.82) is 0 Å². The van der Waals surface area contributed by atoms with Crippen LogP contribution in [0.3, 0.4) is 0 Å². The first-order valence-corrected chi connectivity index (χ1v) is 26.9. The zero-order valence-corrected chi connectivity index (χ0v) is 42.0. The number of unbranched alkanes of at least 4 members (excludes halogenated alkanes) is 25. The molecule has 0 heterocycles. The van der Waals surface area contributed by atoms with Gasteiger partial charge >= 0.3 is 17.9 Å². The molecule has 0 aromatic carbocycles. The van der Waals surface area contributed by atoms with Crippen molar-refractivity contribution in [3.8, 4) is 0 Å². The highest BCUT2D eigenvalue weighted by atomic mass is 16.6. The van der Waals surface area contributed by atoms with Crippen LogP contribution in [-0.2, 0) is 28.6 Å². The molecular weight excluding hydrogens is 793 g/mol. The smallest absolute Gasteiger partial charge is 0.306 e. The fourth-order valence-electron chi connectivity index (χ4n) is 7.35. The molecule has 6 nitrogen and oxygen atoms in total. The molecule has 0 bridgehead atoms. The summed E-state index contributed by atoms with van der Waals surface area (Å²) in [5, 5.41) is 0. The lowest BCUT2D eigenvalue weighted by Gasteiger charge is -2.18. The lowest BCUT2D eigenvalue weighted by atomic mass is 10.1. The van der Waals surface area contributed by atoms with Gasteiger partial charge in [0, 0.05) is 19.3 Å². The topological polar surface area (TPSA) is 78.9 Å². The first-order valence-electron chi connectivity index (χ1n) is 26.9. The number of allylic oxidation sites excluding steroid dienone is 12. The minimum absolute atomic E-state index is 0.0884. The van der Waals surface area contributed by atoms with Crippen LogP contribution in [0.1, 0.15) is 258 Å². The minimum atomic E-state index is -0.789. The summed E-state index contributed by atoms with van der Waals surface area (Å²) in [4.78, 5) is 38.0. The molecule has 0 aliphatic rings. The number of carbonyl (C=O) groups is 3. The largest absolute Gasteiger partial charge is 0.462 e. The van der Waals surface area contributed by atoms with Crippen molar-refractivity contribution < 1.29 is 28.6 Å². The van der Waals surface area contributed by atoms with Gasteiger partial charge in [0.2, 0.25) is 0 Å². The SMILES string of the molecule is CC/C=C\C/C=C\C/C=C\CCCCCCCCCC(=O)OCC(COC(=O)CCCCCCC/C=C\C/C=C\CCCC)OC(=O)CCCCCCC/C=C\CCCCCCCC. The van der Waals surface area contributed by atoms with Gasteiger partial charge in [-0.1, -0.05) is 209 Å². The third kappa shape index (κ3) is 49.9. The van der Waals surface area contributed by atoms with E-state index in [9.17, 15) is 14.4 Å². The summed E-state index contributed by atoms with van der Waals surface area (Å²) in [5.74, 6) is -0.916. The molecule has 0 aliphatic heterocycles. The maximum atomic E-state index is 12.8. The fraction of sp³-hybridized carbons (Fsp3) is 0.741. The third-order valence-corrected chi connectivity index (χ3v) is 11.4. The van der Waals surface area contributed by atoms with Gasteiger partial charge in [-0.15, -0.1) is 0 Å². The van der Waals surface area contributed by atoms with Crippen LogP contribution in [0.2, 0.25) is 0 Å². The Kier molecular flexibility index (Phi) is 49.9. The second-order valence-corrected chi connectivity index (χ2v) is 17.7. The van der Waals surface area contributed by atoms with E-state index in [1.54, 1.807) is 0 Å². The van der Waals surface area contributed by atoms with Gasteiger partial charge in [-0.3, -0.25) is 14.4 Å². The zero-order chi connectivity index (χ0) is 46.5. The van der Waals surface area contributed by atoms with Crippen molar-refractivity contribution in [3.05, 3.63) is 72.9 Å². The molecule has 0 aliphatic carbocycles. The number of ether oxygens (including phenoxy) is 3. The fourth-order valence-corrected chi connectivity index (χ4v) is 7.35. The summed E-state index contributed by atoms with van der Waals surface area (Å²) in [6, 6.07) is 0. The molecule has 0 fully saturated rings. The van der Waals surface area contributed by atoms with Crippen molar-refractivity contribution in [2.45, 2.75) is 264 Å². The van der Waals surface area contributed by atoms with E-state index in [2.05, 4.69) is 93.7 Å². The molecule has 1 atom stereocenters. The molecule has 0 amide bonds. The number of hydrogen-bond donors (Lipinski definition) is 0. The summed E-state index contributed by atoms with van der Waals surface area (Å²) in [5.41, 5.74) is 0. The predicted octanol–water partition coefficient (Wildman–Crippen LogP) is 17.8. The van der Waals surface area contributed by atoms with Crippen LogP contribution in [0, 0.1) is 0 Å². The average molecular weight is 893 g/mol. The van der Waals surface area contributed by atoms with Crippen LogP contribution in [0.4, 0.5) is 0 Å². The van der Waals surface area contributed by atoms with Gasteiger partial charge in [-0.2, -0.15) is 0 Å². The van der Waals surface area contributed by atoms with Crippen LogP contribution in [-0.4, -0.2) is 37.2 Å². The lowest BCUT2D eigenvalue weighted by molar-refractivity contribution is -0.167. The Bertz CT molecular complexity index is 1210. The van der Waals surface area contributed by atoms with E-state index in [0.717, 1.165) is 116 Å². The first-order chi connectivity index (χ1) is 31.5. The molecule has 0 saturated heterocycles. The van der Waals surface area contributed by atoms with Crippen LogP contribution in [0.5, 0.6) is 0 Å². The summed E-state index contributed by atoms with van der Waals surface area (Å²) >= 11 is 0. The van der Waals surface area contributed by atoms with Crippen LogP contribution in [0.15, 0.2) is 72.9 Å². The van der Waals surface area contributed by atoms with Crippen LogP contribution >= 0.6 is 0 Å². The summed E-state index contributed by atoms with van der Waals surface area (Å²) in [6.07, 6.45) is 65.9. The van der Waals surface area contributed by atoms with Gasteiger partial charge in [0.25, 0.3) is 0 Å². The van der Waals surface area contributed by atoms with E-state index in [4.69, 9.17) is 14.2 Å². The normalized spacial score (nSPS) is 12.6. The maximum absolute atomic E-state index is 12.8. The van der Waals surface area contributed by atoms with E-state index >= 15 is 0 Å². The molecule has 6 heteroatoms. The van der Waals surface area contributed by atoms with Gasteiger partial charge in [0.15, 0.2) is 6.10 Å². The first kappa shape index (κ1) is 60.9. The quantitative estimate of drug-likeness (QED) is 0.0262. The monoisotopic (exact) mass is 893 g/mol. The molecule has 368 valence electrons. The Labute approximate surface area is 395 Å². The molecule has 0 aromatic heterocycles. The molecular formula is C58H100O6. The van der Waals surface area contributed by atoms with Crippen molar-refractivity contribution in [2.24, 2.45) is 0 Å². The molecule has 1 unspecified atom stereocenters. The highest BCUT2D eigenvalue weighted by Gasteiger charge is 2.19. The number of rotatable bonds is 48. The number of hydrogen-bond acceptors (Lipinski definition) is 6. The lowest BCUT2D eigenvalue weighted by Crippen LogP contribution is -2.30. The molecule has 0 rings (SSSR count). The zero-order valence-electron chi connectivity index (χ0n) is 42.0. The molecule has 0 N–H and O–H groups in total. The maximum Gasteiger partial charge on any atom is 0.306 e. The molecule has 0 aromatic rings. The van der Waals surface area contributed by atoms with Crippen molar-refractivity contribution in [2.75, 3.05) is 13.2 Å². The molecule has 0 spiro atoms. The summed E-state index contributed by atoms with van der Waals surface area (Å²) in [7, 11) is 0. The third-order valence-electron chi connectivity index (χ3n) is 11.4. The summed E-state index contributed by atoms with van der Waals surface area (Å²) in [6.45, 7) is 6.46. The molecule has 0 saturated carbocycles. The van der Waals surface area contributed by atoms with Gasteiger partial charge < -0.3 is 14.2 Å². The second-order valence-electron chi connectivity index (χ2n) is 17.7. The van der Waals surface area contributed by atoms with Gasteiger partial charge in [-0.25, -0.2) is 0 Å². The van der Waals surface area contributed by atoms with Gasteiger partial charge in [-0.05, 0) is 103 Å². The second kappa shape index (κ2) is 52.5. The Balaban J connectivity index is 4.42. The average Bonchev–Trinajstić information content (AvgIpc) is 3.29. The number of carbonyl (C=O) groups excluding carboxylic acids is 3. The van der Waals surface area contributed by atoms with Crippen LogP contribution < -0.4 is 0 Å². The van der Waals surface area contributed by atoms with Crippen molar-refractivity contribution in [1.82, 2.24) is 0 Å². The minimum Gasteiger partial charge on any atom is -0.462 e. The Morgan fingerprint density at radius 3 is 1.02 bits per heavy atom. The highest BCUT2D eigenvalue weighted by Crippen LogP contribution is 2.14. The highest BCUT2D eigenvalue weighted by molar-refractivity contribution is 5.71. The van der Waals surface area contributed by atoms with Gasteiger partial charge in [0.05, 0.1) is 0 Å². The molecule has 64 heavy (non-hydrogen) atoms. The summed E-state index contributed by atoms with van der Waals surface area (Å²) < 4.78 is 16.8. The van der Waals surface area contributed by atoms with Gasteiger partial charge in [0.1, 0.15) is 13.2 Å². The van der Waals surface area contributed by atoms with Crippen molar-refractivity contribution in [3.63, 3.8) is 0 Å². The van der Waals surface area contributed by atoms with E-state index in [1.165, 1.54) is 103 Å². The Morgan fingerprint density at radius 1 is 0.328 bits per heavy atom. The van der Waals surface area contributed by atoms with Crippen molar-refractivity contribution >= 4 is 17.9 Å². The predicted molar refractivity (Wildman–Crippen MR) is 274 cm³/mol. The van der Waals surface area contributed by atoms with E-state index in [0.29, 0.717) is 19.3 Å². The van der Waals surface area contributed by atoms with Crippen LogP contribution in [0.25, 0.3) is 0 Å². The Hall–Kier alpha value is -3.15. The molecule has 0 radical (unpaired) electrons. The van der Waals surface area contributed by atoms with E-state index in [-0.39, 0.29) is 31.1 Å². The standard InChI is InChI=1S/C58H100O6/c1-4-7-10-13-16-19-22-25-28-29-31-33-36-39-42-45-48-51-57(60)63-54-55(53-62-56(59)50-47-44-41-38-35-32-27-24-21-18-15-12-9-6-3)64-58(61)52-49-46-43-40-37-34-30-26-23-20-17-14-11-8-5-2/h7,10,15-16,18-19,24-28,30,55H,4-6,8-9,11-14,17,20-23,29,31-54H2,1-3H3/b10-7-,18-15-,19-16-,27-24-,28-25-,30-26-.